The number of aromatic nitrogens is 2. The van der Waals surface area contributed by atoms with Crippen molar-refractivity contribution in [3.8, 4) is 16.9 Å². The Balaban J connectivity index is 1.37. The first kappa shape index (κ1) is 20.8. The summed E-state index contributed by atoms with van der Waals surface area (Å²) in [5.41, 5.74) is 3.81. The summed E-state index contributed by atoms with van der Waals surface area (Å²) in [5, 5.41) is 13.1. The molecule has 0 radical (unpaired) electrons. The van der Waals surface area contributed by atoms with Crippen molar-refractivity contribution in [1.82, 2.24) is 15.3 Å². The molecule has 4 aromatic rings. The fraction of sp³-hybridized carbons (Fsp3) is 0.148. The van der Waals surface area contributed by atoms with E-state index in [-0.39, 0.29) is 17.6 Å². The average Bonchev–Trinajstić information content (AvgIpc) is 2.89. The molecule has 1 fully saturated rings. The topological polar surface area (TPSA) is 78.3 Å². The predicted octanol–water partition coefficient (Wildman–Crippen LogP) is 4.23. The summed E-state index contributed by atoms with van der Waals surface area (Å²) >= 11 is 0. The Bertz CT molecular complexity index is 1260. The fourth-order valence-corrected chi connectivity index (χ4v) is 4.12. The molecule has 6 nitrogen and oxygen atoms in total. The van der Waals surface area contributed by atoms with Gasteiger partial charge < -0.3 is 15.3 Å². The molecule has 1 atom stereocenters. The van der Waals surface area contributed by atoms with Crippen LogP contribution in [-0.4, -0.2) is 40.5 Å². The monoisotopic (exact) mass is 436 g/mol. The van der Waals surface area contributed by atoms with Crippen LogP contribution in [0.4, 0.5) is 5.82 Å². The Morgan fingerprint density at radius 1 is 0.939 bits per heavy atom. The number of pyridine rings is 2. The van der Waals surface area contributed by atoms with Crippen molar-refractivity contribution in [3.05, 3.63) is 108 Å². The van der Waals surface area contributed by atoms with E-state index in [0.717, 1.165) is 36.6 Å². The maximum Gasteiger partial charge on any atom is 0.212 e. The summed E-state index contributed by atoms with van der Waals surface area (Å²) in [6.07, 6.45) is 3.27. The third kappa shape index (κ3) is 4.61. The van der Waals surface area contributed by atoms with Gasteiger partial charge >= 0.3 is 0 Å². The van der Waals surface area contributed by atoms with E-state index in [2.05, 4.69) is 27.3 Å². The first-order valence-electron chi connectivity index (χ1n) is 11.0. The van der Waals surface area contributed by atoms with Gasteiger partial charge in [-0.25, -0.2) is 4.98 Å². The van der Waals surface area contributed by atoms with Gasteiger partial charge in [0.25, 0.3) is 0 Å². The summed E-state index contributed by atoms with van der Waals surface area (Å²) in [6, 6.07) is 24.8. The van der Waals surface area contributed by atoms with Crippen LogP contribution >= 0.6 is 0 Å². The molecule has 2 N–H and O–H groups in total. The lowest BCUT2D eigenvalue weighted by atomic mass is 10.0. The van der Waals surface area contributed by atoms with Gasteiger partial charge in [-0.1, -0.05) is 48.5 Å². The van der Waals surface area contributed by atoms with E-state index < -0.39 is 0 Å². The molecular weight excluding hydrogens is 412 g/mol. The van der Waals surface area contributed by atoms with E-state index in [0.29, 0.717) is 11.3 Å². The zero-order chi connectivity index (χ0) is 22.6. The highest BCUT2D eigenvalue weighted by molar-refractivity contribution is 6.08. The minimum atomic E-state index is -0.167. The van der Waals surface area contributed by atoms with Crippen molar-refractivity contribution < 1.29 is 9.90 Å². The first-order valence-corrected chi connectivity index (χ1v) is 11.0. The zero-order valence-corrected chi connectivity index (χ0v) is 18.1. The van der Waals surface area contributed by atoms with Crippen LogP contribution in [0.25, 0.3) is 11.1 Å². The minimum Gasteiger partial charge on any atom is -0.508 e. The molecule has 0 bridgehead atoms. The molecule has 164 valence electrons. The lowest BCUT2D eigenvalue weighted by Crippen LogP contribution is -2.46. The van der Waals surface area contributed by atoms with E-state index in [1.54, 1.807) is 42.7 Å². The largest absolute Gasteiger partial charge is 0.508 e. The van der Waals surface area contributed by atoms with Crippen molar-refractivity contribution in [2.24, 2.45) is 0 Å². The third-order valence-electron chi connectivity index (χ3n) is 5.87. The molecule has 33 heavy (non-hydrogen) atoms. The number of phenols is 1. The molecule has 1 aliphatic heterocycles. The van der Waals surface area contributed by atoms with Gasteiger partial charge in [0, 0.05) is 49.2 Å². The number of aromatic hydroxyl groups is 1. The number of hydrogen-bond acceptors (Lipinski definition) is 6. The summed E-state index contributed by atoms with van der Waals surface area (Å²) in [5.74, 6) is 0.827. The third-order valence-corrected chi connectivity index (χ3v) is 5.87. The Labute approximate surface area is 192 Å². The highest BCUT2D eigenvalue weighted by atomic mass is 16.3. The van der Waals surface area contributed by atoms with Crippen LogP contribution in [0.3, 0.4) is 0 Å². The van der Waals surface area contributed by atoms with Gasteiger partial charge in [-0.3, -0.25) is 9.78 Å². The fourth-order valence-electron chi connectivity index (χ4n) is 4.12. The minimum absolute atomic E-state index is 0.167. The summed E-state index contributed by atoms with van der Waals surface area (Å²) in [4.78, 5) is 24.4. The lowest BCUT2D eigenvalue weighted by molar-refractivity contribution is 0.103. The lowest BCUT2D eigenvalue weighted by Gasteiger charge is -2.35. The number of phenolic OH excluding ortho intramolecular Hbond substituents is 1. The van der Waals surface area contributed by atoms with Gasteiger partial charge in [0.15, 0.2) is 0 Å². The molecular formula is C27H24N4O2. The van der Waals surface area contributed by atoms with E-state index in [9.17, 15) is 9.90 Å². The molecule has 3 heterocycles. The second kappa shape index (κ2) is 9.22. The van der Waals surface area contributed by atoms with Crippen molar-refractivity contribution >= 4 is 11.6 Å². The van der Waals surface area contributed by atoms with Crippen LogP contribution in [0.15, 0.2) is 91.3 Å². The number of piperazine rings is 1. The van der Waals surface area contributed by atoms with E-state index >= 15 is 0 Å². The first-order chi connectivity index (χ1) is 16.2. The van der Waals surface area contributed by atoms with E-state index in [4.69, 9.17) is 4.98 Å². The van der Waals surface area contributed by atoms with Crippen LogP contribution in [0.2, 0.25) is 0 Å². The molecule has 0 spiro atoms. The van der Waals surface area contributed by atoms with Crippen LogP contribution in [-0.2, 0) is 0 Å². The molecule has 5 rings (SSSR count). The summed E-state index contributed by atoms with van der Waals surface area (Å²) in [6.45, 7) is 2.45. The van der Waals surface area contributed by atoms with Gasteiger partial charge in [-0.2, -0.15) is 0 Å². The Morgan fingerprint density at radius 3 is 2.58 bits per heavy atom. The van der Waals surface area contributed by atoms with Gasteiger partial charge in [-0.05, 0) is 41.5 Å². The Hall–Kier alpha value is -4.03. The number of nitrogens with zero attached hydrogens (tertiary/aromatic N) is 3. The highest BCUT2D eigenvalue weighted by Crippen LogP contribution is 2.24. The highest BCUT2D eigenvalue weighted by Gasteiger charge is 2.22. The van der Waals surface area contributed by atoms with Gasteiger partial charge in [0.05, 0.1) is 0 Å². The summed E-state index contributed by atoms with van der Waals surface area (Å²) in [7, 11) is 0. The molecule has 2 aromatic heterocycles. The molecule has 2 aromatic carbocycles. The van der Waals surface area contributed by atoms with Crippen LogP contribution in [0, 0.1) is 0 Å². The molecule has 1 aliphatic rings. The number of anilines is 1. The Morgan fingerprint density at radius 2 is 1.76 bits per heavy atom. The number of hydrogen-bond donors (Lipinski definition) is 2. The van der Waals surface area contributed by atoms with Crippen molar-refractivity contribution in [1.29, 1.82) is 0 Å². The summed E-state index contributed by atoms with van der Waals surface area (Å²) < 4.78 is 0. The normalized spacial score (nSPS) is 15.9. The maximum absolute atomic E-state index is 13.2. The van der Waals surface area contributed by atoms with Crippen molar-refractivity contribution in [2.45, 2.75) is 6.04 Å². The quantitative estimate of drug-likeness (QED) is 0.456. The molecule has 0 amide bonds. The number of carbonyl (C=O) groups is 1. The molecule has 6 heteroatoms. The van der Waals surface area contributed by atoms with Crippen molar-refractivity contribution in [2.75, 3.05) is 24.5 Å². The number of benzene rings is 2. The molecule has 1 unspecified atom stereocenters. The number of nitrogens with one attached hydrogen (secondary N) is 1. The Kier molecular flexibility index (Phi) is 5.83. The predicted molar refractivity (Wildman–Crippen MR) is 128 cm³/mol. The number of ketones is 1. The second-order valence-electron chi connectivity index (χ2n) is 8.08. The molecule has 1 saturated heterocycles. The van der Waals surface area contributed by atoms with Gasteiger partial charge in [0.1, 0.15) is 17.3 Å². The van der Waals surface area contributed by atoms with Crippen LogP contribution < -0.4 is 10.2 Å². The maximum atomic E-state index is 13.2. The van der Waals surface area contributed by atoms with Crippen LogP contribution in [0.1, 0.15) is 27.7 Å². The zero-order valence-electron chi connectivity index (χ0n) is 18.1. The van der Waals surface area contributed by atoms with E-state index in [1.807, 2.05) is 36.4 Å². The average molecular weight is 437 g/mol. The van der Waals surface area contributed by atoms with Crippen molar-refractivity contribution in [3.63, 3.8) is 0 Å². The second-order valence-corrected chi connectivity index (χ2v) is 8.08. The number of rotatable bonds is 5. The molecule has 0 saturated carbocycles. The van der Waals surface area contributed by atoms with E-state index in [1.165, 1.54) is 5.56 Å². The number of carbonyl (C=O) groups excluding carboxylic acids is 1. The van der Waals surface area contributed by atoms with Crippen LogP contribution in [0.5, 0.6) is 5.75 Å². The SMILES string of the molecule is O=C(c1cncc(-c2ccc(O)cc2)c1)c1cccc(N2CCNC(c3ccccc3)C2)n1. The molecule has 0 aliphatic carbocycles. The van der Waals surface area contributed by atoms with Gasteiger partial charge in [0.2, 0.25) is 5.78 Å². The standard InChI is InChI=1S/C27H24N4O2/c32-23-11-9-19(10-12-23)21-15-22(17-28-16-21)27(33)24-7-4-8-26(30-24)31-14-13-29-25(18-31)20-5-2-1-3-6-20/h1-12,15-17,25,29,32H,13-14,18H2. The smallest absolute Gasteiger partial charge is 0.212 e. The van der Waals surface area contributed by atoms with Gasteiger partial charge in [-0.15, -0.1) is 0 Å².